The topological polar surface area (TPSA) is 51.4 Å². The highest BCUT2D eigenvalue weighted by molar-refractivity contribution is 6.02. The zero-order valence-electron chi connectivity index (χ0n) is 12.5. The van der Waals surface area contributed by atoms with Crippen molar-refractivity contribution in [3.05, 3.63) is 77.2 Å². The molecular weight excluding hydrogens is 290 g/mol. The number of non-ortho nitro benzene ring substituents is 1. The van der Waals surface area contributed by atoms with Crippen molar-refractivity contribution in [3.8, 4) is 11.1 Å². The number of nitro benzene ring substituents is 1. The van der Waals surface area contributed by atoms with E-state index in [0.717, 1.165) is 27.5 Å². The van der Waals surface area contributed by atoms with Crippen LogP contribution < -0.4 is 4.57 Å². The molecule has 2 aromatic carbocycles. The molecule has 0 spiro atoms. The number of imidazole rings is 1. The molecule has 0 saturated carbocycles. The van der Waals surface area contributed by atoms with Gasteiger partial charge in [-0.05, 0) is 11.6 Å². The zero-order chi connectivity index (χ0) is 16.0. The van der Waals surface area contributed by atoms with Gasteiger partial charge < -0.3 is 0 Å². The van der Waals surface area contributed by atoms with E-state index >= 15 is 0 Å². The van der Waals surface area contributed by atoms with Gasteiger partial charge >= 0.3 is 0 Å². The summed E-state index contributed by atoms with van der Waals surface area (Å²) in [5, 5.41) is 13.0. The van der Waals surface area contributed by atoms with Crippen molar-refractivity contribution in [2.75, 3.05) is 0 Å². The third-order valence-corrected chi connectivity index (χ3v) is 4.11. The summed E-state index contributed by atoms with van der Waals surface area (Å²) >= 11 is 0. The molecule has 2 heterocycles. The van der Waals surface area contributed by atoms with Crippen molar-refractivity contribution in [1.29, 1.82) is 0 Å². The quantitative estimate of drug-likeness (QED) is 0.323. The van der Waals surface area contributed by atoms with E-state index in [1.54, 1.807) is 18.2 Å². The summed E-state index contributed by atoms with van der Waals surface area (Å²) in [6.45, 7) is 0. The highest BCUT2D eigenvalue weighted by Gasteiger charge is 2.20. The fourth-order valence-corrected chi connectivity index (χ4v) is 3.05. The minimum atomic E-state index is -0.351. The van der Waals surface area contributed by atoms with E-state index in [4.69, 9.17) is 0 Å². The molecule has 4 aromatic rings. The Balaban J connectivity index is 2.21. The second-order valence-electron chi connectivity index (χ2n) is 5.54. The normalized spacial score (nSPS) is 11.2. The number of fused-ring (bicyclic) bond motifs is 2. The first-order chi connectivity index (χ1) is 11.1. The summed E-state index contributed by atoms with van der Waals surface area (Å²) in [5.74, 6) is 0. The summed E-state index contributed by atoms with van der Waals surface area (Å²) in [4.78, 5) is 10.8. The first-order valence-electron chi connectivity index (χ1n) is 7.28. The molecule has 0 saturated heterocycles. The molecule has 5 nitrogen and oxygen atoms in total. The molecule has 0 aliphatic heterocycles. The third-order valence-electron chi connectivity index (χ3n) is 4.11. The maximum absolute atomic E-state index is 11.2. The molecule has 5 heteroatoms. The molecule has 0 atom stereocenters. The van der Waals surface area contributed by atoms with Crippen LogP contribution in [0.25, 0.3) is 27.5 Å². The lowest BCUT2D eigenvalue weighted by molar-refractivity contribution is -0.644. The van der Waals surface area contributed by atoms with E-state index in [2.05, 4.69) is 4.40 Å². The molecule has 0 amide bonds. The van der Waals surface area contributed by atoms with Crippen molar-refractivity contribution >= 4 is 22.1 Å². The minimum Gasteiger partial charge on any atom is -0.258 e. The average Bonchev–Trinajstić information content (AvgIpc) is 2.94. The van der Waals surface area contributed by atoms with E-state index in [1.807, 2.05) is 60.5 Å². The molecule has 0 radical (unpaired) electrons. The Bertz CT molecular complexity index is 1050. The standard InChI is InChI=1S/C18H14N3O2/c1-19-9-10-20-12-14-7-8-15(21(22)23)11-16(14)17(18(19)20)13-5-3-2-4-6-13/h2-12H,1H3/q+1. The number of hydrogen-bond donors (Lipinski definition) is 0. The molecule has 4 rings (SSSR count). The van der Waals surface area contributed by atoms with Crippen molar-refractivity contribution in [2.45, 2.75) is 0 Å². The highest BCUT2D eigenvalue weighted by Crippen LogP contribution is 2.33. The van der Waals surface area contributed by atoms with Crippen LogP contribution >= 0.6 is 0 Å². The minimum absolute atomic E-state index is 0.105. The predicted molar refractivity (Wildman–Crippen MR) is 88.2 cm³/mol. The molecule has 2 aromatic heterocycles. The maximum Gasteiger partial charge on any atom is 0.294 e. The highest BCUT2D eigenvalue weighted by atomic mass is 16.6. The predicted octanol–water partition coefficient (Wildman–Crippen LogP) is 3.49. The van der Waals surface area contributed by atoms with E-state index in [9.17, 15) is 10.1 Å². The number of nitro groups is 1. The molecule has 0 aliphatic rings. The summed E-state index contributed by atoms with van der Waals surface area (Å²) < 4.78 is 4.08. The number of pyridine rings is 1. The molecule has 0 unspecified atom stereocenters. The Labute approximate surface area is 132 Å². The van der Waals surface area contributed by atoms with Crippen LogP contribution in [0.3, 0.4) is 0 Å². The fraction of sp³-hybridized carbons (Fsp3) is 0.0556. The Hall–Kier alpha value is -3.21. The number of rotatable bonds is 2. The summed E-state index contributed by atoms with van der Waals surface area (Å²) in [5.41, 5.74) is 3.15. The van der Waals surface area contributed by atoms with Gasteiger partial charge in [-0.3, -0.25) is 10.1 Å². The number of aryl methyl sites for hydroxylation is 1. The van der Waals surface area contributed by atoms with Gasteiger partial charge in [0.25, 0.3) is 11.3 Å². The Morgan fingerprint density at radius 3 is 2.65 bits per heavy atom. The zero-order valence-corrected chi connectivity index (χ0v) is 12.5. The Kier molecular flexibility index (Phi) is 2.87. The van der Waals surface area contributed by atoms with Gasteiger partial charge in [0.2, 0.25) is 0 Å². The van der Waals surface area contributed by atoms with Crippen molar-refractivity contribution < 1.29 is 9.49 Å². The summed E-state index contributed by atoms with van der Waals surface area (Å²) in [7, 11) is 1.98. The van der Waals surface area contributed by atoms with E-state index < -0.39 is 0 Å². The Morgan fingerprint density at radius 2 is 1.91 bits per heavy atom. The van der Waals surface area contributed by atoms with Crippen LogP contribution in [0.1, 0.15) is 0 Å². The largest absolute Gasteiger partial charge is 0.294 e. The van der Waals surface area contributed by atoms with Crippen molar-refractivity contribution in [1.82, 2.24) is 4.40 Å². The second kappa shape index (κ2) is 4.91. The molecular formula is C18H14N3O2+. The fourth-order valence-electron chi connectivity index (χ4n) is 3.05. The van der Waals surface area contributed by atoms with Crippen LogP contribution in [-0.2, 0) is 7.05 Å². The second-order valence-corrected chi connectivity index (χ2v) is 5.54. The third kappa shape index (κ3) is 2.05. The van der Waals surface area contributed by atoms with E-state index in [1.165, 1.54) is 0 Å². The van der Waals surface area contributed by atoms with Gasteiger partial charge in [-0.1, -0.05) is 30.3 Å². The van der Waals surface area contributed by atoms with Crippen LogP contribution in [0, 0.1) is 10.1 Å². The smallest absolute Gasteiger partial charge is 0.258 e. The van der Waals surface area contributed by atoms with Gasteiger partial charge in [0, 0.05) is 22.9 Å². The molecule has 0 N–H and O–H groups in total. The van der Waals surface area contributed by atoms with Gasteiger partial charge in [-0.2, -0.15) is 0 Å². The van der Waals surface area contributed by atoms with Crippen LogP contribution in [0.15, 0.2) is 67.1 Å². The van der Waals surface area contributed by atoms with Crippen LogP contribution in [-0.4, -0.2) is 9.32 Å². The average molecular weight is 304 g/mol. The first kappa shape index (κ1) is 13.5. The maximum atomic E-state index is 11.2. The lowest BCUT2D eigenvalue weighted by atomic mass is 9.99. The van der Waals surface area contributed by atoms with E-state index in [0.29, 0.717) is 0 Å². The van der Waals surface area contributed by atoms with Crippen molar-refractivity contribution in [3.63, 3.8) is 0 Å². The van der Waals surface area contributed by atoms with Crippen LogP contribution in [0.4, 0.5) is 5.69 Å². The summed E-state index contributed by atoms with van der Waals surface area (Å²) in [6.07, 6.45) is 5.97. The van der Waals surface area contributed by atoms with Crippen molar-refractivity contribution in [2.24, 2.45) is 7.05 Å². The lowest BCUT2D eigenvalue weighted by Crippen LogP contribution is -2.26. The molecule has 0 aliphatic carbocycles. The number of benzene rings is 2. The number of nitrogens with zero attached hydrogens (tertiary/aromatic N) is 3. The van der Waals surface area contributed by atoms with E-state index in [-0.39, 0.29) is 10.6 Å². The van der Waals surface area contributed by atoms with Gasteiger partial charge in [0.15, 0.2) is 0 Å². The van der Waals surface area contributed by atoms with Gasteiger partial charge in [-0.15, -0.1) is 0 Å². The van der Waals surface area contributed by atoms with Crippen LogP contribution in [0.5, 0.6) is 0 Å². The molecule has 0 fully saturated rings. The van der Waals surface area contributed by atoms with Gasteiger partial charge in [-0.25, -0.2) is 8.97 Å². The van der Waals surface area contributed by atoms with Gasteiger partial charge in [0.1, 0.15) is 18.6 Å². The SMILES string of the molecule is C[n+]1ccn2cc3ccc([N+](=O)[O-])cc3c(-c3ccccc3)c21. The first-order valence-corrected chi connectivity index (χ1v) is 7.28. The number of hydrogen-bond acceptors (Lipinski definition) is 2. The summed E-state index contributed by atoms with van der Waals surface area (Å²) in [6, 6.07) is 15.0. The molecule has 112 valence electrons. The Morgan fingerprint density at radius 1 is 1.13 bits per heavy atom. The monoisotopic (exact) mass is 304 g/mol. The van der Waals surface area contributed by atoms with Gasteiger partial charge in [0.05, 0.1) is 17.5 Å². The molecule has 0 bridgehead atoms. The van der Waals surface area contributed by atoms with Crippen LogP contribution in [0.2, 0.25) is 0 Å². The lowest BCUT2D eigenvalue weighted by Gasteiger charge is -2.07. The molecule has 23 heavy (non-hydrogen) atoms. The number of aromatic nitrogens is 2.